The van der Waals surface area contributed by atoms with E-state index >= 15 is 0 Å². The molecule has 96 valence electrons. The second-order valence-corrected chi connectivity index (χ2v) is 4.72. The second kappa shape index (κ2) is 5.21. The zero-order valence-electron chi connectivity index (χ0n) is 10.4. The Kier molecular flexibility index (Phi) is 3.65. The van der Waals surface area contributed by atoms with E-state index in [0.717, 1.165) is 24.8 Å². The molecule has 0 bridgehead atoms. The molecule has 18 heavy (non-hydrogen) atoms. The minimum absolute atomic E-state index is 0.0208. The summed E-state index contributed by atoms with van der Waals surface area (Å²) in [5.74, 6) is -2.17. The number of carboxylic acid groups (broad SMARTS) is 1. The molecule has 0 aromatic heterocycles. The number of carbonyl (C=O) groups excluding carboxylic acids is 1. The van der Waals surface area contributed by atoms with Crippen LogP contribution < -0.4 is 0 Å². The number of nitrogens with zero attached hydrogens (tertiary/aromatic N) is 1. The molecule has 2 atom stereocenters. The second-order valence-electron chi connectivity index (χ2n) is 4.72. The van der Waals surface area contributed by atoms with Gasteiger partial charge in [0.2, 0.25) is 0 Å². The van der Waals surface area contributed by atoms with E-state index in [2.05, 4.69) is 0 Å². The van der Waals surface area contributed by atoms with Gasteiger partial charge >= 0.3 is 11.9 Å². The molecule has 0 unspecified atom stereocenters. The third-order valence-corrected chi connectivity index (χ3v) is 3.51. The molecule has 4 nitrogen and oxygen atoms in total. The van der Waals surface area contributed by atoms with Gasteiger partial charge < -0.3 is 10.0 Å². The topological polar surface area (TPSA) is 57.6 Å². The Morgan fingerprint density at radius 1 is 1.22 bits per heavy atom. The Hall–Kier alpha value is -1.84. The van der Waals surface area contributed by atoms with Gasteiger partial charge in [-0.05, 0) is 31.7 Å². The molecule has 1 heterocycles. The number of carbonyl (C=O) groups is 2. The van der Waals surface area contributed by atoms with Crippen LogP contribution in [0.15, 0.2) is 30.3 Å². The van der Waals surface area contributed by atoms with Crippen LogP contribution in [-0.4, -0.2) is 27.9 Å². The minimum atomic E-state index is -1.37. The van der Waals surface area contributed by atoms with Crippen LogP contribution in [0.25, 0.3) is 0 Å². The lowest BCUT2D eigenvalue weighted by molar-refractivity contribution is -0.159. The Bertz CT molecular complexity index is 444. The summed E-state index contributed by atoms with van der Waals surface area (Å²) in [4.78, 5) is 24.3. The Morgan fingerprint density at radius 2 is 1.89 bits per heavy atom. The molecule has 1 aliphatic heterocycles. The lowest BCUT2D eigenvalue weighted by atomic mass is 9.91. The van der Waals surface area contributed by atoms with Crippen LogP contribution >= 0.6 is 0 Å². The molecule has 0 saturated carbocycles. The van der Waals surface area contributed by atoms with Gasteiger partial charge in [-0.3, -0.25) is 4.79 Å². The maximum absolute atomic E-state index is 11.8. The molecule has 4 heteroatoms. The lowest BCUT2D eigenvalue weighted by Gasteiger charge is -2.40. The molecule has 0 spiro atoms. The van der Waals surface area contributed by atoms with Crippen molar-refractivity contribution in [2.24, 2.45) is 0 Å². The fourth-order valence-electron chi connectivity index (χ4n) is 2.65. The van der Waals surface area contributed by atoms with Crippen LogP contribution in [0.3, 0.4) is 0 Å². The summed E-state index contributed by atoms with van der Waals surface area (Å²) in [5, 5.41) is 8.93. The first-order valence-electron chi connectivity index (χ1n) is 6.22. The monoisotopic (exact) mass is 247 g/mol. The van der Waals surface area contributed by atoms with Crippen LogP contribution in [0.4, 0.5) is 0 Å². The molecule has 1 aromatic rings. The van der Waals surface area contributed by atoms with Gasteiger partial charge in [-0.2, -0.15) is 0 Å². The Morgan fingerprint density at radius 3 is 2.50 bits per heavy atom. The number of hydrogen-bond donors (Lipinski definition) is 1. The van der Waals surface area contributed by atoms with Crippen LogP contribution in [0, 0.1) is 0 Å². The predicted molar refractivity (Wildman–Crippen MR) is 67.0 cm³/mol. The van der Waals surface area contributed by atoms with Gasteiger partial charge in [-0.1, -0.05) is 30.3 Å². The SMILES string of the molecule is C[C@H]1CCC[C@@H](c2ccccc2)N1C(=O)C(=O)O. The number of hydrogen-bond acceptors (Lipinski definition) is 2. The first-order valence-corrected chi connectivity index (χ1v) is 6.22. The van der Waals surface area contributed by atoms with Crippen molar-refractivity contribution in [2.75, 3.05) is 0 Å². The molecule has 1 N–H and O–H groups in total. The maximum Gasteiger partial charge on any atom is 0.394 e. The van der Waals surface area contributed by atoms with E-state index in [1.165, 1.54) is 4.90 Å². The van der Waals surface area contributed by atoms with Gasteiger partial charge in [0.05, 0.1) is 6.04 Å². The van der Waals surface area contributed by atoms with E-state index in [9.17, 15) is 9.59 Å². The summed E-state index contributed by atoms with van der Waals surface area (Å²) in [7, 11) is 0. The minimum Gasteiger partial charge on any atom is -0.474 e. The zero-order valence-corrected chi connectivity index (χ0v) is 10.4. The summed E-state index contributed by atoms with van der Waals surface area (Å²) in [6.45, 7) is 1.91. The van der Waals surface area contributed by atoms with Gasteiger partial charge in [-0.15, -0.1) is 0 Å². The number of benzene rings is 1. The molecule has 2 rings (SSSR count). The highest BCUT2D eigenvalue weighted by Gasteiger charge is 2.35. The third kappa shape index (κ3) is 2.37. The van der Waals surface area contributed by atoms with E-state index in [1.54, 1.807) is 0 Å². The number of carboxylic acids is 1. The normalized spacial score (nSPS) is 23.7. The van der Waals surface area contributed by atoms with Crippen molar-refractivity contribution >= 4 is 11.9 Å². The summed E-state index contributed by atoms with van der Waals surface area (Å²) < 4.78 is 0. The summed E-state index contributed by atoms with van der Waals surface area (Å²) >= 11 is 0. The van der Waals surface area contributed by atoms with Crippen molar-refractivity contribution in [1.82, 2.24) is 4.90 Å². The lowest BCUT2D eigenvalue weighted by Crippen LogP contribution is -2.47. The van der Waals surface area contributed by atoms with E-state index in [4.69, 9.17) is 5.11 Å². The van der Waals surface area contributed by atoms with Gasteiger partial charge in [0, 0.05) is 6.04 Å². The fourth-order valence-corrected chi connectivity index (χ4v) is 2.65. The molecular formula is C14H17NO3. The largest absolute Gasteiger partial charge is 0.474 e. The number of likely N-dealkylation sites (tertiary alicyclic amines) is 1. The highest BCUT2D eigenvalue weighted by atomic mass is 16.4. The molecule has 1 amide bonds. The Labute approximate surface area is 106 Å². The average Bonchev–Trinajstić information content (AvgIpc) is 2.38. The molecule has 1 fully saturated rings. The van der Waals surface area contributed by atoms with Crippen LogP contribution in [0.5, 0.6) is 0 Å². The highest BCUT2D eigenvalue weighted by Crippen LogP contribution is 2.34. The molecule has 1 aromatic carbocycles. The van der Waals surface area contributed by atoms with Crippen molar-refractivity contribution in [3.8, 4) is 0 Å². The van der Waals surface area contributed by atoms with E-state index in [-0.39, 0.29) is 12.1 Å². The van der Waals surface area contributed by atoms with Crippen molar-refractivity contribution in [1.29, 1.82) is 0 Å². The summed E-state index contributed by atoms with van der Waals surface area (Å²) in [5.41, 5.74) is 1.01. The summed E-state index contributed by atoms with van der Waals surface area (Å²) in [6.07, 6.45) is 2.71. The van der Waals surface area contributed by atoms with E-state index < -0.39 is 11.9 Å². The van der Waals surface area contributed by atoms with Crippen LogP contribution in [0.2, 0.25) is 0 Å². The molecular weight excluding hydrogens is 230 g/mol. The van der Waals surface area contributed by atoms with Crippen LogP contribution in [-0.2, 0) is 9.59 Å². The molecule has 1 aliphatic rings. The predicted octanol–water partition coefficient (Wildman–Crippen LogP) is 2.21. The number of rotatable bonds is 1. The Balaban J connectivity index is 2.31. The highest BCUT2D eigenvalue weighted by molar-refractivity contribution is 6.31. The molecule has 0 aliphatic carbocycles. The van der Waals surface area contributed by atoms with Gasteiger partial charge in [0.15, 0.2) is 0 Å². The standard InChI is InChI=1S/C14H17NO3/c1-10-6-5-9-12(11-7-3-2-4-8-11)15(10)13(16)14(17)18/h2-4,7-8,10,12H,5-6,9H2,1H3,(H,17,18)/t10-,12-/m0/s1. The maximum atomic E-state index is 11.8. The summed E-state index contributed by atoms with van der Waals surface area (Å²) in [6, 6.07) is 9.51. The van der Waals surface area contributed by atoms with Gasteiger partial charge in [0.1, 0.15) is 0 Å². The van der Waals surface area contributed by atoms with Crippen molar-refractivity contribution < 1.29 is 14.7 Å². The number of piperidine rings is 1. The van der Waals surface area contributed by atoms with Crippen molar-refractivity contribution in [3.63, 3.8) is 0 Å². The van der Waals surface area contributed by atoms with E-state index in [1.807, 2.05) is 37.3 Å². The average molecular weight is 247 g/mol. The quantitative estimate of drug-likeness (QED) is 0.774. The fraction of sp³-hybridized carbons (Fsp3) is 0.429. The first-order chi connectivity index (χ1) is 8.61. The molecule has 0 radical (unpaired) electrons. The van der Waals surface area contributed by atoms with Crippen molar-refractivity contribution in [2.45, 2.75) is 38.3 Å². The van der Waals surface area contributed by atoms with E-state index in [0.29, 0.717) is 0 Å². The zero-order chi connectivity index (χ0) is 13.1. The van der Waals surface area contributed by atoms with Crippen LogP contribution in [0.1, 0.15) is 37.8 Å². The molecule has 1 saturated heterocycles. The number of aliphatic carboxylic acids is 1. The van der Waals surface area contributed by atoms with Crippen molar-refractivity contribution in [3.05, 3.63) is 35.9 Å². The van der Waals surface area contributed by atoms with Gasteiger partial charge in [0.25, 0.3) is 0 Å². The third-order valence-electron chi connectivity index (χ3n) is 3.51. The smallest absolute Gasteiger partial charge is 0.394 e. The number of amides is 1. The van der Waals surface area contributed by atoms with Gasteiger partial charge in [-0.25, -0.2) is 4.79 Å². The first kappa shape index (κ1) is 12.6.